The van der Waals surface area contributed by atoms with E-state index in [1.807, 2.05) is 24.3 Å². The molecule has 2 aromatic carbocycles. The summed E-state index contributed by atoms with van der Waals surface area (Å²) < 4.78 is 11.8. The molecule has 0 heterocycles. The van der Waals surface area contributed by atoms with Crippen LogP contribution in [0.1, 0.15) is 80.1 Å². The Morgan fingerprint density at radius 2 is 1.12 bits per heavy atom. The number of benzene rings is 2. The summed E-state index contributed by atoms with van der Waals surface area (Å²) in [7, 11) is 0. The Hall–Kier alpha value is -2.75. The van der Waals surface area contributed by atoms with E-state index in [2.05, 4.69) is 0 Å². The molecule has 0 atom stereocenters. The highest BCUT2D eigenvalue weighted by atomic mass is 16.5. The molecule has 4 nitrogen and oxygen atoms in total. The molecule has 2 aliphatic carbocycles. The molecule has 0 amide bonds. The molecule has 0 aliphatic heterocycles. The number of allylic oxidation sites excluding steroid dienone is 1. The fourth-order valence-corrected chi connectivity index (χ4v) is 4.86. The molecule has 0 saturated heterocycles. The highest BCUT2D eigenvalue weighted by molar-refractivity contribution is 6.07. The van der Waals surface area contributed by atoms with Gasteiger partial charge in [0, 0.05) is 17.2 Å². The lowest BCUT2D eigenvalue weighted by molar-refractivity contribution is 0.104. The molecule has 0 radical (unpaired) electrons. The number of carbonyl (C=O) groups excluding carboxylic acids is 1. The highest BCUT2D eigenvalue weighted by Gasteiger charge is 2.15. The maximum atomic E-state index is 12.6. The zero-order valence-electron chi connectivity index (χ0n) is 19.5. The highest BCUT2D eigenvalue weighted by Crippen LogP contribution is 2.26. The van der Waals surface area contributed by atoms with Crippen LogP contribution in [0.5, 0.6) is 11.5 Å². The number of ether oxygens (including phenoxy) is 2. The molecular weight excluding hydrogens is 412 g/mol. The van der Waals surface area contributed by atoms with Gasteiger partial charge >= 0.3 is 0 Å². The summed E-state index contributed by atoms with van der Waals surface area (Å²) >= 11 is 0. The van der Waals surface area contributed by atoms with Crippen molar-refractivity contribution in [2.45, 2.75) is 64.2 Å². The lowest BCUT2D eigenvalue weighted by Gasteiger charge is -2.21. The summed E-state index contributed by atoms with van der Waals surface area (Å²) in [6.07, 6.45) is 14.1. The van der Waals surface area contributed by atoms with E-state index in [0.29, 0.717) is 23.0 Å². The van der Waals surface area contributed by atoms with Crippen LogP contribution in [0.25, 0.3) is 5.76 Å². The van der Waals surface area contributed by atoms with E-state index in [1.54, 1.807) is 24.3 Å². The lowest BCUT2D eigenvalue weighted by atomic mass is 9.90. The van der Waals surface area contributed by atoms with Crippen LogP contribution in [0.15, 0.2) is 54.6 Å². The third-order valence-corrected chi connectivity index (χ3v) is 6.98. The van der Waals surface area contributed by atoms with Crippen LogP contribution in [-0.4, -0.2) is 24.1 Å². The van der Waals surface area contributed by atoms with Crippen molar-refractivity contribution < 1.29 is 19.4 Å². The standard InChI is InChI=1S/C29H36O4/c30-28(24-11-15-26(16-12-24)32-20-22-7-3-1-4-8-22)19-29(31)25-13-17-27(18-14-25)33-21-23-9-5-2-6-10-23/h11-19,22-23,30H,1-10,20-21H2/b28-19-. The maximum Gasteiger partial charge on any atom is 0.189 e. The predicted molar refractivity (Wildman–Crippen MR) is 132 cm³/mol. The summed E-state index contributed by atoms with van der Waals surface area (Å²) in [5.74, 6) is 2.60. The van der Waals surface area contributed by atoms with Gasteiger partial charge in [-0.25, -0.2) is 0 Å². The van der Waals surface area contributed by atoms with Gasteiger partial charge in [-0.2, -0.15) is 0 Å². The number of ketones is 1. The Balaban J connectivity index is 1.27. The fourth-order valence-electron chi connectivity index (χ4n) is 4.86. The summed E-state index contributed by atoms with van der Waals surface area (Å²) in [5.41, 5.74) is 1.12. The van der Waals surface area contributed by atoms with Gasteiger partial charge in [-0.3, -0.25) is 4.79 Å². The number of rotatable bonds is 9. The molecule has 0 aromatic heterocycles. The van der Waals surface area contributed by atoms with Crippen LogP contribution in [0.4, 0.5) is 0 Å². The van der Waals surface area contributed by atoms with E-state index in [9.17, 15) is 9.90 Å². The van der Waals surface area contributed by atoms with E-state index in [1.165, 1.54) is 70.3 Å². The zero-order chi connectivity index (χ0) is 22.9. The normalized spacial score (nSPS) is 18.1. The van der Waals surface area contributed by atoms with E-state index >= 15 is 0 Å². The Morgan fingerprint density at radius 3 is 1.58 bits per heavy atom. The minimum atomic E-state index is -0.232. The van der Waals surface area contributed by atoms with Crippen LogP contribution in [0.3, 0.4) is 0 Å². The van der Waals surface area contributed by atoms with Crippen LogP contribution >= 0.6 is 0 Å². The topological polar surface area (TPSA) is 55.8 Å². The van der Waals surface area contributed by atoms with Gasteiger partial charge in [0.05, 0.1) is 13.2 Å². The number of carbonyl (C=O) groups is 1. The first-order chi connectivity index (χ1) is 16.2. The Kier molecular flexibility index (Phi) is 8.46. The van der Waals surface area contributed by atoms with E-state index in [-0.39, 0.29) is 11.5 Å². The molecule has 2 fully saturated rings. The van der Waals surface area contributed by atoms with Crippen molar-refractivity contribution in [2.24, 2.45) is 11.8 Å². The van der Waals surface area contributed by atoms with Gasteiger partial charge in [0.2, 0.25) is 0 Å². The van der Waals surface area contributed by atoms with Gasteiger partial charge < -0.3 is 14.6 Å². The first-order valence-electron chi connectivity index (χ1n) is 12.6. The summed E-state index contributed by atoms with van der Waals surface area (Å²) in [6, 6.07) is 14.5. The number of aliphatic hydroxyl groups excluding tert-OH is 1. The van der Waals surface area contributed by atoms with Crippen molar-refractivity contribution in [2.75, 3.05) is 13.2 Å². The van der Waals surface area contributed by atoms with Crippen LogP contribution in [0, 0.1) is 11.8 Å². The van der Waals surface area contributed by atoms with Crippen molar-refractivity contribution in [3.05, 3.63) is 65.7 Å². The van der Waals surface area contributed by atoms with Crippen molar-refractivity contribution in [1.29, 1.82) is 0 Å². The first-order valence-corrected chi connectivity index (χ1v) is 12.6. The van der Waals surface area contributed by atoms with Gasteiger partial charge in [0.1, 0.15) is 17.3 Å². The van der Waals surface area contributed by atoms with Crippen LogP contribution in [0.2, 0.25) is 0 Å². The van der Waals surface area contributed by atoms with E-state index in [4.69, 9.17) is 9.47 Å². The van der Waals surface area contributed by atoms with E-state index < -0.39 is 0 Å². The summed E-state index contributed by atoms with van der Waals surface area (Å²) in [5, 5.41) is 10.4. The molecule has 4 heteroatoms. The Morgan fingerprint density at radius 1 is 0.697 bits per heavy atom. The SMILES string of the molecule is O=C(/C=C(\O)c1ccc(OCC2CCCCC2)cc1)c1ccc(OCC2CCCCC2)cc1. The molecule has 1 N–H and O–H groups in total. The molecule has 4 rings (SSSR count). The second-order valence-corrected chi connectivity index (χ2v) is 9.57. The Bertz CT molecular complexity index is 902. The zero-order valence-corrected chi connectivity index (χ0v) is 19.5. The van der Waals surface area contributed by atoms with Gasteiger partial charge in [0.15, 0.2) is 5.78 Å². The van der Waals surface area contributed by atoms with Crippen LogP contribution < -0.4 is 9.47 Å². The monoisotopic (exact) mass is 448 g/mol. The first kappa shape index (κ1) is 23.4. The molecule has 0 unspecified atom stereocenters. The van der Waals surface area contributed by atoms with Crippen molar-refractivity contribution in [3.63, 3.8) is 0 Å². The molecule has 0 bridgehead atoms. The molecular formula is C29H36O4. The average Bonchev–Trinajstić information content (AvgIpc) is 2.88. The van der Waals surface area contributed by atoms with E-state index in [0.717, 1.165) is 24.7 Å². The van der Waals surface area contributed by atoms with Crippen LogP contribution in [-0.2, 0) is 0 Å². The number of hydrogen-bond acceptors (Lipinski definition) is 4. The second kappa shape index (κ2) is 11.9. The minimum Gasteiger partial charge on any atom is -0.507 e. The molecule has 2 aliphatic rings. The largest absolute Gasteiger partial charge is 0.507 e. The third-order valence-electron chi connectivity index (χ3n) is 6.98. The molecule has 0 spiro atoms. The average molecular weight is 449 g/mol. The molecule has 2 aromatic rings. The predicted octanol–water partition coefficient (Wildman–Crippen LogP) is 7.39. The quantitative estimate of drug-likeness (QED) is 0.247. The summed E-state index contributed by atoms with van der Waals surface area (Å²) in [4.78, 5) is 12.6. The van der Waals surface area contributed by atoms with Gasteiger partial charge in [-0.15, -0.1) is 0 Å². The fraction of sp³-hybridized carbons (Fsp3) is 0.483. The lowest BCUT2D eigenvalue weighted by Crippen LogP contribution is -2.15. The molecule has 176 valence electrons. The van der Waals surface area contributed by atoms with Gasteiger partial charge in [0.25, 0.3) is 0 Å². The Labute approximate surface area is 197 Å². The maximum absolute atomic E-state index is 12.6. The van der Waals surface area contributed by atoms with Crippen molar-refractivity contribution in [1.82, 2.24) is 0 Å². The minimum absolute atomic E-state index is 0.0449. The van der Waals surface area contributed by atoms with Gasteiger partial charge in [-0.05, 0) is 86.1 Å². The molecule has 2 saturated carbocycles. The summed E-state index contributed by atoms with van der Waals surface area (Å²) in [6.45, 7) is 1.49. The van der Waals surface area contributed by atoms with Gasteiger partial charge in [-0.1, -0.05) is 38.5 Å². The number of aliphatic hydroxyl groups is 1. The molecule has 33 heavy (non-hydrogen) atoms. The van der Waals surface area contributed by atoms with Crippen molar-refractivity contribution in [3.8, 4) is 11.5 Å². The van der Waals surface area contributed by atoms with Crippen molar-refractivity contribution >= 4 is 11.5 Å². The number of hydrogen-bond donors (Lipinski definition) is 1. The smallest absolute Gasteiger partial charge is 0.189 e. The second-order valence-electron chi connectivity index (χ2n) is 9.57. The third kappa shape index (κ3) is 7.12.